The molecule has 0 heterocycles. The first-order valence-corrected chi connectivity index (χ1v) is 7.26. The molecule has 0 amide bonds. The third-order valence-electron chi connectivity index (χ3n) is 5.35. The molecule has 0 aliphatic heterocycles. The van der Waals surface area contributed by atoms with Gasteiger partial charge < -0.3 is 10.4 Å². The lowest BCUT2D eigenvalue weighted by Crippen LogP contribution is -2.58. The van der Waals surface area contributed by atoms with Crippen molar-refractivity contribution < 1.29 is 5.11 Å². The molecule has 4 aliphatic rings. The summed E-state index contributed by atoms with van der Waals surface area (Å²) in [5.41, 5.74) is 0.924. The molecule has 2 N–H and O–H groups in total. The van der Waals surface area contributed by atoms with E-state index in [-0.39, 0.29) is 18.0 Å². The first-order chi connectivity index (χ1) is 8.72. The highest BCUT2D eigenvalue weighted by molar-refractivity contribution is 5.85. The summed E-state index contributed by atoms with van der Waals surface area (Å²) in [5, 5.41) is 14.3. The summed E-state index contributed by atoms with van der Waals surface area (Å²) in [6.07, 6.45) is 5.75. The van der Waals surface area contributed by atoms with Gasteiger partial charge in [0.1, 0.15) is 0 Å². The molecule has 3 heteroatoms. The second kappa shape index (κ2) is 4.68. The Balaban J connectivity index is 0.00000110. The first kappa shape index (κ1) is 13.3. The van der Waals surface area contributed by atoms with Crippen LogP contribution in [0.15, 0.2) is 30.3 Å². The maximum Gasteiger partial charge on any atom is 0.0657 e. The molecule has 0 saturated heterocycles. The second-order valence-electron chi connectivity index (χ2n) is 6.73. The third kappa shape index (κ3) is 2.25. The minimum atomic E-state index is -0.314. The van der Waals surface area contributed by atoms with E-state index >= 15 is 0 Å². The molecule has 1 aromatic carbocycles. The van der Waals surface area contributed by atoms with Crippen molar-refractivity contribution in [2.75, 3.05) is 5.32 Å². The molecule has 0 radical (unpaired) electrons. The van der Waals surface area contributed by atoms with Crippen molar-refractivity contribution in [2.24, 2.45) is 17.8 Å². The lowest BCUT2D eigenvalue weighted by Gasteiger charge is -2.58. The summed E-state index contributed by atoms with van der Waals surface area (Å²) in [7, 11) is 0. The molecule has 5 rings (SSSR count). The van der Waals surface area contributed by atoms with Crippen LogP contribution in [0.1, 0.15) is 32.1 Å². The molecule has 0 spiro atoms. The Labute approximate surface area is 121 Å². The zero-order valence-corrected chi connectivity index (χ0v) is 11.9. The predicted octanol–water partition coefficient (Wildman–Crippen LogP) is 3.46. The van der Waals surface area contributed by atoms with Crippen molar-refractivity contribution in [3.05, 3.63) is 30.3 Å². The lowest BCUT2D eigenvalue weighted by molar-refractivity contribution is -0.129. The Kier molecular flexibility index (Phi) is 3.26. The molecule has 2 atom stereocenters. The standard InChI is InChI=1S/C16H21NO.ClH/c18-16-8-11-6-12(9-16)15(13(7-11)10-16)17-14-4-2-1-3-5-14;/h1-5,11-13,15,17-18H,6-10H2;1H. The highest BCUT2D eigenvalue weighted by Gasteiger charge is 2.54. The van der Waals surface area contributed by atoms with Gasteiger partial charge in [0.25, 0.3) is 0 Å². The van der Waals surface area contributed by atoms with E-state index in [0.717, 1.165) is 25.2 Å². The summed E-state index contributed by atoms with van der Waals surface area (Å²) < 4.78 is 0. The quantitative estimate of drug-likeness (QED) is 0.869. The molecule has 4 bridgehead atoms. The Morgan fingerprint density at radius 2 is 1.63 bits per heavy atom. The third-order valence-corrected chi connectivity index (χ3v) is 5.35. The maximum atomic E-state index is 10.6. The first-order valence-electron chi connectivity index (χ1n) is 7.26. The number of aliphatic hydroxyl groups is 1. The fourth-order valence-corrected chi connectivity index (χ4v) is 4.94. The Morgan fingerprint density at radius 1 is 1.00 bits per heavy atom. The molecule has 4 fully saturated rings. The molecule has 19 heavy (non-hydrogen) atoms. The second-order valence-corrected chi connectivity index (χ2v) is 6.73. The van der Waals surface area contributed by atoms with E-state index in [9.17, 15) is 5.11 Å². The van der Waals surface area contributed by atoms with Crippen molar-refractivity contribution in [1.82, 2.24) is 0 Å². The van der Waals surface area contributed by atoms with Gasteiger partial charge >= 0.3 is 0 Å². The van der Waals surface area contributed by atoms with E-state index in [1.54, 1.807) is 0 Å². The number of benzene rings is 1. The van der Waals surface area contributed by atoms with Crippen LogP contribution >= 0.6 is 12.4 Å². The summed E-state index contributed by atoms with van der Waals surface area (Å²) in [6, 6.07) is 11.1. The molecular weight excluding hydrogens is 258 g/mol. The van der Waals surface area contributed by atoms with Crippen molar-refractivity contribution in [2.45, 2.75) is 43.7 Å². The van der Waals surface area contributed by atoms with Gasteiger partial charge in [-0.15, -0.1) is 12.4 Å². The molecule has 0 aromatic heterocycles. The Morgan fingerprint density at radius 3 is 2.21 bits per heavy atom. The van der Waals surface area contributed by atoms with Gasteiger partial charge in [0.05, 0.1) is 5.60 Å². The van der Waals surface area contributed by atoms with Crippen molar-refractivity contribution >= 4 is 18.1 Å². The zero-order chi connectivity index (χ0) is 12.2. The normalized spacial score (nSPS) is 42.8. The summed E-state index contributed by atoms with van der Waals surface area (Å²) in [6.45, 7) is 0. The van der Waals surface area contributed by atoms with Crippen molar-refractivity contribution in [3.63, 3.8) is 0 Å². The summed E-state index contributed by atoms with van der Waals surface area (Å²) in [5.74, 6) is 2.16. The number of rotatable bonds is 2. The minimum absolute atomic E-state index is 0. The zero-order valence-electron chi connectivity index (χ0n) is 11.1. The molecule has 104 valence electrons. The lowest BCUT2D eigenvalue weighted by atomic mass is 9.52. The van der Waals surface area contributed by atoms with E-state index in [4.69, 9.17) is 0 Å². The van der Waals surface area contributed by atoms with Crippen LogP contribution in [-0.4, -0.2) is 16.7 Å². The van der Waals surface area contributed by atoms with Gasteiger partial charge in [-0.2, -0.15) is 0 Å². The van der Waals surface area contributed by atoms with Crippen LogP contribution in [-0.2, 0) is 0 Å². The highest BCUT2D eigenvalue weighted by atomic mass is 35.5. The van der Waals surface area contributed by atoms with E-state index in [0.29, 0.717) is 17.9 Å². The van der Waals surface area contributed by atoms with Gasteiger partial charge in [-0.25, -0.2) is 0 Å². The fraction of sp³-hybridized carbons (Fsp3) is 0.625. The molecule has 1 aromatic rings. The molecule has 4 aliphatic carbocycles. The van der Waals surface area contributed by atoms with Gasteiger partial charge in [0.2, 0.25) is 0 Å². The molecular formula is C16H22ClNO. The monoisotopic (exact) mass is 279 g/mol. The Bertz CT molecular complexity index is 433. The predicted molar refractivity (Wildman–Crippen MR) is 79.6 cm³/mol. The van der Waals surface area contributed by atoms with E-state index in [2.05, 4.69) is 35.6 Å². The SMILES string of the molecule is Cl.OC12CC3CC(C1)C(Nc1ccccc1)C(C3)C2. The largest absolute Gasteiger partial charge is 0.390 e. The number of halogens is 1. The van der Waals surface area contributed by atoms with Crippen LogP contribution in [0.25, 0.3) is 0 Å². The maximum absolute atomic E-state index is 10.6. The number of nitrogens with one attached hydrogen (secondary N) is 1. The summed E-state index contributed by atoms with van der Waals surface area (Å²) in [4.78, 5) is 0. The molecule has 4 saturated carbocycles. The Hall–Kier alpha value is -0.730. The summed E-state index contributed by atoms with van der Waals surface area (Å²) >= 11 is 0. The number of hydrogen-bond donors (Lipinski definition) is 2. The van der Waals surface area contributed by atoms with Crippen molar-refractivity contribution in [1.29, 1.82) is 0 Å². The number of anilines is 1. The number of para-hydroxylation sites is 1. The van der Waals surface area contributed by atoms with E-state index < -0.39 is 0 Å². The van der Waals surface area contributed by atoms with E-state index in [1.807, 2.05) is 0 Å². The molecule has 2 nitrogen and oxygen atoms in total. The van der Waals surface area contributed by atoms with Gasteiger partial charge in [0.15, 0.2) is 0 Å². The van der Waals surface area contributed by atoms with Crippen LogP contribution in [0.3, 0.4) is 0 Å². The van der Waals surface area contributed by atoms with Crippen LogP contribution in [0.2, 0.25) is 0 Å². The van der Waals surface area contributed by atoms with Crippen molar-refractivity contribution in [3.8, 4) is 0 Å². The van der Waals surface area contributed by atoms with E-state index in [1.165, 1.54) is 18.5 Å². The fourth-order valence-electron chi connectivity index (χ4n) is 4.94. The van der Waals surface area contributed by atoms with Crippen LogP contribution in [0.4, 0.5) is 5.69 Å². The number of hydrogen-bond acceptors (Lipinski definition) is 2. The smallest absolute Gasteiger partial charge is 0.0657 e. The van der Waals surface area contributed by atoms with Crippen LogP contribution < -0.4 is 5.32 Å². The average molecular weight is 280 g/mol. The van der Waals surface area contributed by atoms with Gasteiger partial charge in [-0.1, -0.05) is 18.2 Å². The van der Waals surface area contributed by atoms with Gasteiger partial charge in [-0.05, 0) is 62.0 Å². The highest BCUT2D eigenvalue weighted by Crippen LogP contribution is 2.56. The van der Waals surface area contributed by atoms with Crippen LogP contribution in [0.5, 0.6) is 0 Å². The van der Waals surface area contributed by atoms with Gasteiger partial charge in [0, 0.05) is 11.7 Å². The molecule has 2 unspecified atom stereocenters. The topological polar surface area (TPSA) is 32.3 Å². The van der Waals surface area contributed by atoms with Crippen LogP contribution in [0, 0.1) is 17.8 Å². The minimum Gasteiger partial charge on any atom is -0.390 e. The van der Waals surface area contributed by atoms with Gasteiger partial charge in [-0.3, -0.25) is 0 Å². The average Bonchev–Trinajstić information content (AvgIpc) is 2.33.